The van der Waals surface area contributed by atoms with Crippen LogP contribution in [0.15, 0.2) is 12.3 Å². The molecule has 0 saturated carbocycles. The lowest BCUT2D eigenvalue weighted by molar-refractivity contribution is 0.0445. The van der Waals surface area contributed by atoms with E-state index in [1.165, 1.54) is 0 Å². The summed E-state index contributed by atoms with van der Waals surface area (Å²) in [5, 5.41) is 10.9. The topological polar surface area (TPSA) is 68.2 Å². The van der Waals surface area contributed by atoms with Crippen LogP contribution in [0.5, 0.6) is 0 Å². The van der Waals surface area contributed by atoms with Crippen molar-refractivity contribution < 1.29 is 9.53 Å². The third kappa shape index (κ3) is 6.51. The molecular weight excluding hydrogens is 304 g/mol. The molecule has 0 saturated heterocycles. The summed E-state index contributed by atoms with van der Waals surface area (Å²) in [4.78, 5) is 12.1. The van der Waals surface area contributed by atoms with Gasteiger partial charge in [-0.3, -0.25) is 4.68 Å². The standard InChI is InChI=1S/C18H34N4O2/c1-7-12-22-15(10-11-20-22)13-19-14-18(8-2,9-3)21-16(23)24-17(4,5)6/h10-11,19H,7-9,12-14H2,1-6H3,(H,21,23). The highest BCUT2D eigenvalue weighted by Gasteiger charge is 2.30. The molecule has 6 heteroatoms. The number of carbonyl (C=O) groups is 1. The van der Waals surface area contributed by atoms with Gasteiger partial charge in [0.25, 0.3) is 0 Å². The van der Waals surface area contributed by atoms with E-state index in [1.54, 1.807) is 0 Å². The second-order valence-corrected chi connectivity index (χ2v) is 7.26. The smallest absolute Gasteiger partial charge is 0.408 e. The molecule has 1 heterocycles. The fraction of sp³-hybridized carbons (Fsp3) is 0.778. The summed E-state index contributed by atoms with van der Waals surface area (Å²) in [7, 11) is 0. The lowest BCUT2D eigenvalue weighted by atomic mass is 9.93. The summed E-state index contributed by atoms with van der Waals surface area (Å²) >= 11 is 0. The number of hydrogen-bond donors (Lipinski definition) is 2. The number of ether oxygens (including phenoxy) is 1. The molecule has 0 atom stereocenters. The Morgan fingerprint density at radius 3 is 2.46 bits per heavy atom. The number of nitrogens with zero attached hydrogens (tertiary/aromatic N) is 2. The van der Waals surface area contributed by atoms with E-state index in [4.69, 9.17) is 4.74 Å². The summed E-state index contributed by atoms with van der Waals surface area (Å²) in [5.74, 6) is 0. The van der Waals surface area contributed by atoms with Crippen LogP contribution in [0.25, 0.3) is 0 Å². The van der Waals surface area contributed by atoms with Gasteiger partial charge < -0.3 is 15.4 Å². The highest BCUT2D eigenvalue weighted by atomic mass is 16.6. The second-order valence-electron chi connectivity index (χ2n) is 7.26. The Bertz CT molecular complexity index is 501. The van der Waals surface area contributed by atoms with Gasteiger partial charge in [-0.25, -0.2) is 4.79 Å². The van der Waals surface area contributed by atoms with Gasteiger partial charge >= 0.3 is 6.09 Å². The number of carbonyl (C=O) groups excluding carboxylic acids is 1. The molecule has 1 amide bonds. The zero-order chi connectivity index (χ0) is 18.2. The average Bonchev–Trinajstić information content (AvgIpc) is 2.92. The molecule has 1 aromatic heterocycles. The number of nitrogens with one attached hydrogen (secondary N) is 2. The molecule has 1 rings (SSSR count). The van der Waals surface area contributed by atoms with E-state index in [0.29, 0.717) is 6.54 Å². The molecule has 0 aromatic carbocycles. The SMILES string of the molecule is CCCn1nccc1CNCC(CC)(CC)NC(=O)OC(C)(C)C. The number of aromatic nitrogens is 2. The zero-order valence-corrected chi connectivity index (χ0v) is 16.1. The minimum atomic E-state index is -0.489. The fourth-order valence-corrected chi connectivity index (χ4v) is 2.59. The Kier molecular flexibility index (Phi) is 7.73. The second kappa shape index (κ2) is 9.06. The van der Waals surface area contributed by atoms with Gasteiger partial charge in [-0.2, -0.15) is 5.10 Å². The Labute approximate surface area is 146 Å². The van der Waals surface area contributed by atoms with Crippen molar-refractivity contribution >= 4 is 6.09 Å². The third-order valence-corrected chi connectivity index (χ3v) is 4.13. The largest absolute Gasteiger partial charge is 0.444 e. The van der Waals surface area contributed by atoms with Gasteiger partial charge in [-0.05, 0) is 46.1 Å². The van der Waals surface area contributed by atoms with Crippen molar-refractivity contribution in [3.63, 3.8) is 0 Å². The minimum Gasteiger partial charge on any atom is -0.444 e. The van der Waals surface area contributed by atoms with Gasteiger partial charge in [0, 0.05) is 25.8 Å². The monoisotopic (exact) mass is 338 g/mol. The predicted molar refractivity (Wildman–Crippen MR) is 96.9 cm³/mol. The molecule has 1 aromatic rings. The van der Waals surface area contributed by atoms with Gasteiger partial charge in [0.2, 0.25) is 0 Å². The van der Waals surface area contributed by atoms with Crippen molar-refractivity contribution in [3.05, 3.63) is 18.0 Å². The van der Waals surface area contributed by atoms with Crippen LogP contribution in [-0.2, 0) is 17.8 Å². The van der Waals surface area contributed by atoms with Crippen LogP contribution in [0.1, 0.15) is 66.5 Å². The summed E-state index contributed by atoms with van der Waals surface area (Å²) in [5.41, 5.74) is 0.366. The van der Waals surface area contributed by atoms with E-state index < -0.39 is 5.60 Å². The van der Waals surface area contributed by atoms with Gasteiger partial charge in [-0.15, -0.1) is 0 Å². The Balaban J connectivity index is 2.61. The van der Waals surface area contributed by atoms with Crippen molar-refractivity contribution in [1.82, 2.24) is 20.4 Å². The first kappa shape index (κ1) is 20.5. The normalized spacial score (nSPS) is 12.2. The Morgan fingerprint density at radius 2 is 1.92 bits per heavy atom. The zero-order valence-electron chi connectivity index (χ0n) is 16.1. The molecular formula is C18H34N4O2. The van der Waals surface area contributed by atoms with Gasteiger partial charge in [0.05, 0.1) is 11.2 Å². The highest BCUT2D eigenvalue weighted by Crippen LogP contribution is 2.16. The first-order valence-corrected chi connectivity index (χ1v) is 8.98. The maximum absolute atomic E-state index is 12.1. The molecule has 2 N–H and O–H groups in total. The quantitative estimate of drug-likeness (QED) is 0.723. The van der Waals surface area contributed by atoms with Crippen LogP contribution in [0, 0.1) is 0 Å². The Hall–Kier alpha value is -1.56. The molecule has 24 heavy (non-hydrogen) atoms. The summed E-state index contributed by atoms with van der Waals surface area (Å²) in [6.45, 7) is 14.3. The van der Waals surface area contributed by atoms with Crippen LogP contribution >= 0.6 is 0 Å². The predicted octanol–water partition coefficient (Wildman–Crippen LogP) is 3.47. The Morgan fingerprint density at radius 1 is 1.25 bits per heavy atom. The van der Waals surface area contributed by atoms with Gasteiger partial charge in [0.1, 0.15) is 5.60 Å². The van der Waals surface area contributed by atoms with E-state index in [2.05, 4.69) is 36.5 Å². The van der Waals surface area contributed by atoms with Crippen molar-refractivity contribution in [2.45, 2.75) is 85.0 Å². The van der Waals surface area contributed by atoms with Crippen LogP contribution in [0.4, 0.5) is 4.79 Å². The first-order valence-electron chi connectivity index (χ1n) is 8.98. The number of aryl methyl sites for hydroxylation is 1. The van der Waals surface area contributed by atoms with Crippen molar-refractivity contribution in [1.29, 1.82) is 0 Å². The van der Waals surface area contributed by atoms with E-state index in [9.17, 15) is 4.79 Å². The summed E-state index contributed by atoms with van der Waals surface area (Å²) in [6.07, 6.45) is 4.21. The van der Waals surface area contributed by atoms with E-state index in [-0.39, 0.29) is 11.6 Å². The van der Waals surface area contributed by atoms with Crippen molar-refractivity contribution in [3.8, 4) is 0 Å². The van der Waals surface area contributed by atoms with Gasteiger partial charge in [-0.1, -0.05) is 20.8 Å². The van der Waals surface area contributed by atoms with Crippen molar-refractivity contribution in [2.24, 2.45) is 0 Å². The van der Waals surface area contributed by atoms with Crippen LogP contribution in [0.2, 0.25) is 0 Å². The number of amides is 1. The number of alkyl carbamates (subject to hydrolysis) is 1. The molecule has 0 aliphatic heterocycles. The van der Waals surface area contributed by atoms with Crippen LogP contribution in [-0.4, -0.2) is 33.6 Å². The average molecular weight is 338 g/mol. The third-order valence-electron chi connectivity index (χ3n) is 4.13. The number of rotatable bonds is 9. The molecule has 0 fully saturated rings. The highest BCUT2D eigenvalue weighted by molar-refractivity contribution is 5.68. The molecule has 0 spiro atoms. The molecule has 0 radical (unpaired) electrons. The molecule has 0 bridgehead atoms. The number of hydrogen-bond acceptors (Lipinski definition) is 4. The van der Waals surface area contributed by atoms with E-state index >= 15 is 0 Å². The van der Waals surface area contributed by atoms with E-state index in [1.807, 2.05) is 37.7 Å². The van der Waals surface area contributed by atoms with Crippen LogP contribution in [0.3, 0.4) is 0 Å². The lowest BCUT2D eigenvalue weighted by Crippen LogP contribution is -2.55. The summed E-state index contributed by atoms with van der Waals surface area (Å²) < 4.78 is 7.43. The van der Waals surface area contributed by atoms with Gasteiger partial charge in [0.15, 0.2) is 0 Å². The maximum Gasteiger partial charge on any atom is 0.408 e. The first-order chi connectivity index (χ1) is 11.2. The van der Waals surface area contributed by atoms with Crippen molar-refractivity contribution in [2.75, 3.05) is 6.54 Å². The molecule has 0 unspecified atom stereocenters. The lowest BCUT2D eigenvalue weighted by Gasteiger charge is -2.34. The molecule has 6 nitrogen and oxygen atoms in total. The molecule has 138 valence electrons. The van der Waals surface area contributed by atoms with Crippen LogP contribution < -0.4 is 10.6 Å². The minimum absolute atomic E-state index is 0.308. The summed E-state index contributed by atoms with van der Waals surface area (Å²) in [6, 6.07) is 2.03. The fourth-order valence-electron chi connectivity index (χ4n) is 2.59. The van der Waals surface area contributed by atoms with E-state index in [0.717, 1.165) is 38.0 Å². The molecule has 0 aliphatic rings. The maximum atomic E-state index is 12.1. The molecule has 0 aliphatic carbocycles.